The van der Waals surface area contributed by atoms with Crippen molar-refractivity contribution < 1.29 is 0 Å². The molecule has 0 unspecified atom stereocenters. The maximum Gasteiger partial charge on any atom is 0.0326 e. The summed E-state index contributed by atoms with van der Waals surface area (Å²) >= 11 is 0. The summed E-state index contributed by atoms with van der Waals surface area (Å²) in [5.41, 5.74) is 17.8. The van der Waals surface area contributed by atoms with E-state index >= 15 is 0 Å². The van der Waals surface area contributed by atoms with Crippen LogP contribution >= 0.6 is 0 Å². The Labute approximate surface area is 118 Å². The van der Waals surface area contributed by atoms with Crippen LogP contribution in [-0.2, 0) is 0 Å². The van der Waals surface area contributed by atoms with Crippen LogP contribution in [0.25, 0.3) is 22.3 Å². The van der Waals surface area contributed by atoms with Crippen molar-refractivity contribution in [3.8, 4) is 22.3 Å². The van der Waals surface area contributed by atoms with Gasteiger partial charge >= 0.3 is 0 Å². The Kier molecular flexibility index (Phi) is 3.13. The Morgan fingerprint density at radius 1 is 0.450 bits per heavy atom. The van der Waals surface area contributed by atoms with Crippen LogP contribution in [0.5, 0.6) is 0 Å². The first-order valence-corrected chi connectivity index (χ1v) is 6.54. The Hall–Kier alpha value is -2.74. The molecule has 20 heavy (non-hydrogen) atoms. The molecule has 0 atom stereocenters. The molecule has 0 saturated carbocycles. The van der Waals surface area contributed by atoms with Crippen LogP contribution in [-0.4, -0.2) is 0 Å². The van der Waals surface area contributed by atoms with Gasteiger partial charge in [0, 0.05) is 11.4 Å². The lowest BCUT2D eigenvalue weighted by molar-refractivity contribution is 1.58. The van der Waals surface area contributed by atoms with E-state index in [9.17, 15) is 0 Å². The molecule has 0 heterocycles. The minimum absolute atomic E-state index is 0.753. The van der Waals surface area contributed by atoms with Gasteiger partial charge in [0.2, 0.25) is 0 Å². The molecule has 0 radical (unpaired) electrons. The third kappa shape index (κ3) is 2.50. The Morgan fingerprint density at radius 2 is 1.05 bits per heavy atom. The number of hydrogen-bond acceptors (Lipinski definition) is 2. The van der Waals surface area contributed by atoms with E-state index in [1.807, 2.05) is 54.6 Å². The third-order valence-corrected chi connectivity index (χ3v) is 3.28. The Balaban J connectivity index is 2.12. The zero-order valence-electron chi connectivity index (χ0n) is 11.1. The van der Waals surface area contributed by atoms with Crippen LogP contribution in [0, 0.1) is 0 Å². The topological polar surface area (TPSA) is 52.0 Å². The van der Waals surface area contributed by atoms with Gasteiger partial charge in [0.05, 0.1) is 0 Å². The number of rotatable bonds is 2. The quantitative estimate of drug-likeness (QED) is 0.679. The van der Waals surface area contributed by atoms with E-state index in [-0.39, 0.29) is 0 Å². The highest BCUT2D eigenvalue weighted by molar-refractivity contribution is 5.78. The second-order valence-corrected chi connectivity index (χ2v) is 4.84. The third-order valence-electron chi connectivity index (χ3n) is 3.28. The second kappa shape index (κ2) is 5.10. The zero-order chi connectivity index (χ0) is 13.9. The molecule has 3 rings (SSSR count). The normalized spacial score (nSPS) is 10.4. The van der Waals surface area contributed by atoms with Gasteiger partial charge in [-0.2, -0.15) is 0 Å². The summed E-state index contributed by atoms with van der Waals surface area (Å²) in [6.07, 6.45) is 0. The highest BCUT2D eigenvalue weighted by Crippen LogP contribution is 2.29. The fourth-order valence-electron chi connectivity index (χ4n) is 2.33. The van der Waals surface area contributed by atoms with E-state index in [0.29, 0.717) is 0 Å². The zero-order valence-corrected chi connectivity index (χ0v) is 11.1. The molecule has 0 aliphatic rings. The minimum atomic E-state index is 0.753. The predicted octanol–water partition coefficient (Wildman–Crippen LogP) is 4.19. The number of nitrogens with two attached hydrogens (primary N) is 2. The van der Waals surface area contributed by atoms with E-state index in [0.717, 1.165) is 33.6 Å². The van der Waals surface area contributed by atoms with Crippen LogP contribution in [0.1, 0.15) is 0 Å². The van der Waals surface area contributed by atoms with Gasteiger partial charge in [-0.15, -0.1) is 0 Å². The van der Waals surface area contributed by atoms with Crippen LogP contribution in [0.3, 0.4) is 0 Å². The van der Waals surface area contributed by atoms with Crippen molar-refractivity contribution in [2.24, 2.45) is 0 Å². The molecule has 0 spiro atoms. The molecule has 0 bridgehead atoms. The van der Waals surface area contributed by atoms with Crippen molar-refractivity contribution in [1.29, 1.82) is 0 Å². The molecule has 0 amide bonds. The summed E-state index contributed by atoms with van der Waals surface area (Å²) in [6.45, 7) is 0. The van der Waals surface area contributed by atoms with Gasteiger partial charge in [0.25, 0.3) is 0 Å². The van der Waals surface area contributed by atoms with Gasteiger partial charge in [-0.3, -0.25) is 0 Å². The van der Waals surface area contributed by atoms with Crippen LogP contribution in [0.4, 0.5) is 11.4 Å². The molecule has 2 heteroatoms. The highest BCUT2D eigenvalue weighted by atomic mass is 14.5. The number of benzene rings is 3. The predicted molar refractivity (Wildman–Crippen MR) is 86.1 cm³/mol. The summed E-state index contributed by atoms with van der Waals surface area (Å²) < 4.78 is 0. The smallest absolute Gasteiger partial charge is 0.0326 e. The minimum Gasteiger partial charge on any atom is -0.399 e. The summed E-state index contributed by atoms with van der Waals surface area (Å²) in [5, 5.41) is 0. The van der Waals surface area contributed by atoms with E-state index < -0.39 is 0 Å². The Morgan fingerprint density at radius 3 is 1.75 bits per heavy atom. The van der Waals surface area contributed by atoms with E-state index in [4.69, 9.17) is 11.5 Å². The fourth-order valence-corrected chi connectivity index (χ4v) is 2.33. The number of anilines is 2. The van der Waals surface area contributed by atoms with Gasteiger partial charge in [-0.25, -0.2) is 0 Å². The second-order valence-electron chi connectivity index (χ2n) is 4.84. The molecule has 2 nitrogen and oxygen atoms in total. The van der Waals surface area contributed by atoms with Crippen molar-refractivity contribution in [3.05, 3.63) is 72.8 Å². The number of nitrogen functional groups attached to an aromatic ring is 2. The van der Waals surface area contributed by atoms with Gasteiger partial charge in [0.15, 0.2) is 0 Å². The lowest BCUT2D eigenvalue weighted by Gasteiger charge is -2.09. The molecular formula is C18H16N2. The van der Waals surface area contributed by atoms with E-state index in [2.05, 4.69) is 18.2 Å². The summed E-state index contributed by atoms with van der Waals surface area (Å²) in [5.74, 6) is 0. The first kappa shape index (κ1) is 12.3. The van der Waals surface area contributed by atoms with Crippen molar-refractivity contribution >= 4 is 11.4 Å². The fraction of sp³-hybridized carbons (Fsp3) is 0. The largest absolute Gasteiger partial charge is 0.399 e. The number of hydrogen-bond donors (Lipinski definition) is 2. The van der Waals surface area contributed by atoms with E-state index in [1.165, 1.54) is 0 Å². The molecule has 0 fully saturated rings. The van der Waals surface area contributed by atoms with Crippen molar-refractivity contribution in [2.45, 2.75) is 0 Å². The molecule has 4 N–H and O–H groups in total. The van der Waals surface area contributed by atoms with E-state index in [1.54, 1.807) is 0 Å². The maximum atomic E-state index is 6.04. The average Bonchev–Trinajstić information content (AvgIpc) is 2.47. The van der Waals surface area contributed by atoms with Crippen molar-refractivity contribution in [3.63, 3.8) is 0 Å². The molecule has 3 aromatic rings. The average molecular weight is 260 g/mol. The first-order valence-electron chi connectivity index (χ1n) is 6.54. The van der Waals surface area contributed by atoms with Crippen LogP contribution in [0.15, 0.2) is 72.8 Å². The van der Waals surface area contributed by atoms with Gasteiger partial charge < -0.3 is 11.5 Å². The lowest BCUT2D eigenvalue weighted by Crippen LogP contribution is -1.90. The summed E-state index contributed by atoms with van der Waals surface area (Å²) in [7, 11) is 0. The lowest BCUT2D eigenvalue weighted by atomic mass is 9.98. The molecule has 0 aliphatic heterocycles. The van der Waals surface area contributed by atoms with Crippen molar-refractivity contribution in [2.75, 3.05) is 11.5 Å². The van der Waals surface area contributed by atoms with Gasteiger partial charge in [0.1, 0.15) is 0 Å². The highest BCUT2D eigenvalue weighted by Gasteiger charge is 2.04. The van der Waals surface area contributed by atoms with Gasteiger partial charge in [-0.1, -0.05) is 42.5 Å². The maximum absolute atomic E-state index is 6.04. The molecule has 98 valence electrons. The van der Waals surface area contributed by atoms with Crippen LogP contribution < -0.4 is 11.5 Å². The Bertz CT molecular complexity index is 733. The summed E-state index contributed by atoms with van der Waals surface area (Å²) in [6, 6.07) is 24.2. The SMILES string of the molecule is Nc1cccc(-c2cc(N)cc(-c3ccccc3)c2)c1. The molecule has 0 aliphatic carbocycles. The standard InChI is InChI=1S/C18H16N2/c19-17-8-4-7-14(10-17)16-9-15(11-18(20)12-16)13-5-2-1-3-6-13/h1-12H,19-20H2. The molecule has 0 saturated heterocycles. The van der Waals surface area contributed by atoms with Gasteiger partial charge in [-0.05, 0) is 52.6 Å². The summed E-state index contributed by atoms with van der Waals surface area (Å²) in [4.78, 5) is 0. The molecule has 3 aromatic carbocycles. The molecule has 0 aromatic heterocycles. The molecular weight excluding hydrogens is 244 g/mol. The van der Waals surface area contributed by atoms with Crippen molar-refractivity contribution in [1.82, 2.24) is 0 Å². The van der Waals surface area contributed by atoms with Crippen LogP contribution in [0.2, 0.25) is 0 Å². The monoisotopic (exact) mass is 260 g/mol. The first-order chi connectivity index (χ1) is 9.72.